The number of carbonyl (C=O) groups excluding carboxylic acids is 2. The first kappa shape index (κ1) is 43.0. The SMILES string of the molecule is C[N+]1(CCCNC(=O)COc2c3cccc2Cc2cccc(c2O)Cc2cccc(c2OCC(=O)NCCC[N+]2(C)CCOCC2)Cc2cccc(c2O)C3)CCOCC1. The molecule has 12 nitrogen and oxygen atoms in total. The lowest BCUT2D eigenvalue weighted by Gasteiger charge is -2.37. The Balaban J connectivity index is 1.09. The fourth-order valence-electron chi connectivity index (χ4n) is 8.65. The largest absolute Gasteiger partial charge is 0.507 e. The van der Waals surface area contributed by atoms with E-state index in [0.717, 1.165) is 110 Å². The molecule has 12 heteroatoms. The molecule has 3 aliphatic rings. The Morgan fingerprint density at radius 2 is 0.833 bits per heavy atom. The zero-order chi connectivity index (χ0) is 42.0. The van der Waals surface area contributed by atoms with Crippen molar-refractivity contribution in [2.24, 2.45) is 0 Å². The summed E-state index contributed by atoms with van der Waals surface area (Å²) in [5, 5.41) is 29.6. The number of carbonyl (C=O) groups is 2. The van der Waals surface area contributed by atoms with Crippen molar-refractivity contribution in [1.82, 2.24) is 10.6 Å². The second kappa shape index (κ2) is 19.9. The first-order valence-corrected chi connectivity index (χ1v) is 21.5. The molecule has 2 saturated heterocycles. The van der Waals surface area contributed by atoms with Gasteiger partial charge in [0.05, 0.1) is 53.6 Å². The first-order chi connectivity index (χ1) is 29.1. The number of hydrogen-bond donors (Lipinski definition) is 4. The Kier molecular flexibility index (Phi) is 14.3. The summed E-state index contributed by atoms with van der Waals surface area (Å²) in [6.45, 7) is 9.72. The molecule has 0 spiro atoms. The second-order valence-corrected chi connectivity index (χ2v) is 17.2. The van der Waals surface area contributed by atoms with Gasteiger partial charge in [-0.25, -0.2) is 0 Å². The number of likely N-dealkylation sites (N-methyl/N-ethyl adjacent to an activating group) is 2. The lowest BCUT2D eigenvalue weighted by molar-refractivity contribution is -0.916. The van der Waals surface area contributed by atoms with E-state index in [9.17, 15) is 19.8 Å². The average Bonchev–Trinajstić information content (AvgIpc) is 3.23. The van der Waals surface area contributed by atoms with Gasteiger partial charge in [0.15, 0.2) is 13.2 Å². The monoisotopic (exact) mass is 822 g/mol. The number of hydrogen-bond acceptors (Lipinski definition) is 8. The lowest BCUT2D eigenvalue weighted by atomic mass is 9.91. The van der Waals surface area contributed by atoms with Crippen molar-refractivity contribution < 1.29 is 47.7 Å². The highest BCUT2D eigenvalue weighted by molar-refractivity contribution is 5.78. The van der Waals surface area contributed by atoms with Gasteiger partial charge in [0.25, 0.3) is 11.8 Å². The molecule has 2 aliphatic heterocycles. The molecular weight excluding hydrogens is 761 g/mol. The van der Waals surface area contributed by atoms with Crippen molar-refractivity contribution in [2.45, 2.75) is 38.5 Å². The third-order valence-electron chi connectivity index (χ3n) is 12.5. The Bertz CT molecular complexity index is 1880. The molecular formula is C48H62N4O8+2. The summed E-state index contributed by atoms with van der Waals surface area (Å²) in [4.78, 5) is 26.3. The second-order valence-electron chi connectivity index (χ2n) is 17.2. The van der Waals surface area contributed by atoms with Crippen LogP contribution in [0.4, 0.5) is 0 Å². The van der Waals surface area contributed by atoms with E-state index >= 15 is 0 Å². The van der Waals surface area contributed by atoms with Gasteiger partial charge in [-0.3, -0.25) is 9.59 Å². The van der Waals surface area contributed by atoms with E-state index < -0.39 is 0 Å². The predicted octanol–water partition coefficient (Wildman–Crippen LogP) is 4.50. The van der Waals surface area contributed by atoms with Gasteiger partial charge in [-0.1, -0.05) is 72.8 Å². The Hall–Kier alpha value is -5.14. The lowest BCUT2D eigenvalue weighted by Crippen LogP contribution is -2.52. The number of phenolic OH excluding ortho intramolecular Hbond substituents is 2. The summed E-state index contributed by atoms with van der Waals surface area (Å²) >= 11 is 0. The molecule has 8 bridgehead atoms. The number of para-hydroxylation sites is 4. The number of amides is 2. The summed E-state index contributed by atoms with van der Waals surface area (Å²) in [6.07, 6.45) is 3.13. The average molecular weight is 823 g/mol. The maximum absolute atomic E-state index is 13.1. The molecule has 2 amide bonds. The number of aromatic hydroxyl groups is 2. The molecule has 7 rings (SSSR count). The van der Waals surface area contributed by atoms with Crippen LogP contribution in [0.3, 0.4) is 0 Å². The molecule has 4 aromatic rings. The Morgan fingerprint density at radius 1 is 0.533 bits per heavy atom. The normalized spacial score (nSPS) is 17.0. The van der Waals surface area contributed by atoms with Gasteiger partial charge in [0.2, 0.25) is 0 Å². The van der Waals surface area contributed by atoms with Crippen molar-refractivity contribution in [1.29, 1.82) is 0 Å². The first-order valence-electron chi connectivity index (χ1n) is 21.5. The van der Waals surface area contributed by atoms with E-state index in [1.807, 2.05) is 72.8 Å². The molecule has 4 N–H and O–H groups in total. The highest BCUT2D eigenvalue weighted by Gasteiger charge is 2.26. The zero-order valence-corrected chi connectivity index (χ0v) is 35.3. The minimum absolute atomic E-state index is 0.161. The molecule has 0 aromatic heterocycles. The van der Waals surface area contributed by atoms with Gasteiger partial charge in [0, 0.05) is 51.6 Å². The summed E-state index contributed by atoms with van der Waals surface area (Å²) in [6, 6.07) is 23.2. The van der Waals surface area contributed by atoms with Crippen LogP contribution in [0.2, 0.25) is 0 Å². The van der Waals surface area contributed by atoms with E-state index in [4.69, 9.17) is 18.9 Å². The van der Waals surface area contributed by atoms with Crippen LogP contribution in [0.1, 0.15) is 57.3 Å². The van der Waals surface area contributed by atoms with E-state index in [-0.39, 0.29) is 36.5 Å². The number of rotatable bonds is 14. The summed E-state index contributed by atoms with van der Waals surface area (Å²) in [5.41, 5.74) is 6.11. The zero-order valence-electron chi connectivity index (χ0n) is 35.3. The molecule has 2 heterocycles. The van der Waals surface area contributed by atoms with Crippen LogP contribution in [0.5, 0.6) is 23.0 Å². The van der Waals surface area contributed by atoms with E-state index in [0.29, 0.717) is 72.5 Å². The van der Waals surface area contributed by atoms with Gasteiger partial charge in [-0.15, -0.1) is 0 Å². The summed E-state index contributed by atoms with van der Waals surface area (Å²) < 4.78 is 25.7. The molecule has 60 heavy (non-hydrogen) atoms. The fraction of sp³-hybridized carbons (Fsp3) is 0.458. The molecule has 0 saturated carbocycles. The van der Waals surface area contributed by atoms with E-state index in [1.165, 1.54) is 0 Å². The maximum atomic E-state index is 13.1. The van der Waals surface area contributed by atoms with Crippen molar-refractivity contribution >= 4 is 11.8 Å². The number of nitrogens with zero attached hydrogens (tertiary/aromatic N) is 2. The number of morpholine rings is 2. The van der Waals surface area contributed by atoms with Crippen LogP contribution in [0.15, 0.2) is 72.8 Å². The van der Waals surface area contributed by atoms with Gasteiger partial charge in [0.1, 0.15) is 49.2 Å². The van der Waals surface area contributed by atoms with Crippen LogP contribution in [-0.4, -0.2) is 137 Å². The van der Waals surface area contributed by atoms with Crippen LogP contribution in [-0.2, 0) is 44.7 Å². The standard InChI is InChI=1S/C48H60N4O8/c1-51(21-25-57-26-22-51)19-7-17-49-43(53)33-59-47-39-13-5-14-40(47)30-36-10-4-12-38(46(36)56)32-42-16-6-15-41(31-37-11-3-9-35(29-39)45(37)55)48(42)60-34-44(54)50-18-8-20-52(2)23-27-58-28-24-52/h3-6,9-16H,7-8,17-34H2,1-2H3,(H2-2,49,50,53,54,55,56)/p+2. The Morgan fingerprint density at radius 3 is 1.15 bits per heavy atom. The number of nitrogens with one attached hydrogen (secondary N) is 2. The van der Waals surface area contributed by atoms with Gasteiger partial charge >= 0.3 is 0 Å². The number of quaternary nitrogens is 2. The predicted molar refractivity (Wildman–Crippen MR) is 230 cm³/mol. The minimum Gasteiger partial charge on any atom is -0.507 e. The number of benzene rings is 4. The quantitative estimate of drug-likeness (QED) is 0.0952. The summed E-state index contributed by atoms with van der Waals surface area (Å²) in [7, 11) is 4.48. The van der Waals surface area contributed by atoms with Crippen molar-refractivity contribution in [3.8, 4) is 23.0 Å². The molecule has 4 aromatic carbocycles. The number of phenols is 2. The van der Waals surface area contributed by atoms with Crippen molar-refractivity contribution in [3.63, 3.8) is 0 Å². The molecule has 320 valence electrons. The minimum atomic E-state index is -0.201. The molecule has 0 atom stereocenters. The van der Waals surface area contributed by atoms with Gasteiger partial charge < -0.3 is 48.8 Å². The number of ether oxygens (including phenoxy) is 4. The fourth-order valence-corrected chi connectivity index (χ4v) is 8.65. The third-order valence-corrected chi connectivity index (χ3v) is 12.5. The van der Waals surface area contributed by atoms with Crippen LogP contribution < -0.4 is 20.1 Å². The van der Waals surface area contributed by atoms with Gasteiger partial charge in [-0.05, 0) is 44.5 Å². The highest BCUT2D eigenvalue weighted by atomic mass is 16.5. The Labute approximate surface area is 354 Å². The van der Waals surface area contributed by atoms with Crippen molar-refractivity contribution in [3.05, 3.63) is 117 Å². The van der Waals surface area contributed by atoms with E-state index in [1.54, 1.807) is 0 Å². The topological polar surface area (TPSA) is 136 Å². The highest BCUT2D eigenvalue weighted by Crippen LogP contribution is 2.38. The van der Waals surface area contributed by atoms with Crippen LogP contribution >= 0.6 is 0 Å². The van der Waals surface area contributed by atoms with Crippen LogP contribution in [0, 0.1) is 0 Å². The molecule has 0 unspecified atom stereocenters. The maximum Gasteiger partial charge on any atom is 0.257 e. The summed E-state index contributed by atoms with van der Waals surface area (Å²) in [5.74, 6) is 1.07. The van der Waals surface area contributed by atoms with Crippen molar-refractivity contribution in [2.75, 3.05) is 106 Å². The third kappa shape index (κ3) is 11.2. The molecule has 1 aliphatic carbocycles. The number of fused-ring (bicyclic) bond motifs is 8. The van der Waals surface area contributed by atoms with Gasteiger partial charge in [-0.2, -0.15) is 0 Å². The molecule has 2 fully saturated rings. The smallest absolute Gasteiger partial charge is 0.257 e. The van der Waals surface area contributed by atoms with Crippen LogP contribution in [0.25, 0.3) is 0 Å². The van der Waals surface area contributed by atoms with E-state index in [2.05, 4.69) is 24.7 Å². The molecule has 0 radical (unpaired) electrons.